The van der Waals surface area contributed by atoms with Crippen molar-refractivity contribution in [3.8, 4) is 5.75 Å². The van der Waals surface area contributed by atoms with E-state index in [-0.39, 0.29) is 36.5 Å². The zero-order chi connectivity index (χ0) is 30.7. The van der Waals surface area contributed by atoms with Crippen LogP contribution < -0.4 is 27.0 Å². The molecule has 42 heavy (non-hydrogen) atoms. The molecule has 2 aromatic carbocycles. The van der Waals surface area contributed by atoms with Gasteiger partial charge < -0.3 is 32.1 Å². The normalized spacial score (nSPS) is 20.2. The molecule has 4 amide bonds. The molecule has 0 saturated carbocycles. The number of carbonyl (C=O) groups excluding carboxylic acids is 4. The number of benzene rings is 2. The van der Waals surface area contributed by atoms with E-state index in [4.69, 9.17) is 5.73 Å². The Kier molecular flexibility index (Phi) is 11.9. The summed E-state index contributed by atoms with van der Waals surface area (Å²) in [6.45, 7) is 6.68. The minimum atomic E-state index is -0.939. The fraction of sp³-hybridized carbons (Fsp3) is 0.500. The van der Waals surface area contributed by atoms with E-state index in [0.717, 1.165) is 16.7 Å². The van der Waals surface area contributed by atoms with Crippen molar-refractivity contribution < 1.29 is 24.3 Å². The lowest BCUT2D eigenvalue weighted by Gasteiger charge is -2.25. The zero-order valence-corrected chi connectivity index (χ0v) is 24.9. The average molecular weight is 580 g/mol. The van der Waals surface area contributed by atoms with Gasteiger partial charge in [-0.25, -0.2) is 0 Å². The Morgan fingerprint density at radius 2 is 1.69 bits per heavy atom. The van der Waals surface area contributed by atoms with E-state index < -0.39 is 35.8 Å². The molecule has 0 bridgehead atoms. The van der Waals surface area contributed by atoms with Crippen LogP contribution in [0.25, 0.3) is 0 Å². The number of rotatable bonds is 6. The fourth-order valence-corrected chi connectivity index (χ4v) is 4.91. The second-order valence-electron chi connectivity index (χ2n) is 12.0. The maximum Gasteiger partial charge on any atom is 0.243 e. The van der Waals surface area contributed by atoms with E-state index in [1.807, 2.05) is 57.2 Å². The maximum absolute atomic E-state index is 13.6. The number of phenolic OH excluding ortho intramolecular Hbond substituents is 1. The van der Waals surface area contributed by atoms with Crippen molar-refractivity contribution in [3.05, 3.63) is 65.2 Å². The summed E-state index contributed by atoms with van der Waals surface area (Å²) in [6, 6.07) is 11.8. The van der Waals surface area contributed by atoms with E-state index >= 15 is 0 Å². The fourth-order valence-electron chi connectivity index (χ4n) is 4.91. The number of hydrogen-bond donors (Lipinski definition) is 6. The predicted octanol–water partition coefficient (Wildman–Crippen LogP) is 1.97. The lowest BCUT2D eigenvalue weighted by atomic mass is 9.84. The van der Waals surface area contributed by atoms with Crippen LogP contribution >= 0.6 is 0 Å². The number of nitrogens with one attached hydrogen (secondary N) is 4. The Balaban J connectivity index is 1.81. The highest BCUT2D eigenvalue weighted by Gasteiger charge is 2.29. The average Bonchev–Trinajstić information content (AvgIpc) is 2.94. The van der Waals surface area contributed by atoms with Gasteiger partial charge in [-0.05, 0) is 60.3 Å². The first-order valence-corrected chi connectivity index (χ1v) is 14.7. The van der Waals surface area contributed by atoms with Crippen molar-refractivity contribution in [2.24, 2.45) is 5.73 Å². The highest BCUT2D eigenvalue weighted by atomic mass is 16.3. The maximum atomic E-state index is 13.6. The molecule has 0 unspecified atom stereocenters. The van der Waals surface area contributed by atoms with Gasteiger partial charge in [-0.2, -0.15) is 0 Å². The van der Waals surface area contributed by atoms with Gasteiger partial charge in [0.2, 0.25) is 23.6 Å². The minimum absolute atomic E-state index is 0.0968. The SMILES string of the molecule is CC(C)(C)c1cc(C[C@@H]2NC(=O)[C@@H](NC(=O)[C@@H](N)Cc3ccccc3)CCCCNC(=O)CCCNC2=O)ccc1O. The molecule has 228 valence electrons. The molecule has 2 aromatic rings. The molecule has 0 radical (unpaired) electrons. The predicted molar refractivity (Wildman–Crippen MR) is 162 cm³/mol. The Morgan fingerprint density at radius 3 is 2.40 bits per heavy atom. The third-order valence-electron chi connectivity index (χ3n) is 7.33. The van der Waals surface area contributed by atoms with Gasteiger partial charge >= 0.3 is 0 Å². The van der Waals surface area contributed by atoms with Gasteiger partial charge in [-0.15, -0.1) is 0 Å². The topological polar surface area (TPSA) is 163 Å². The standard InChI is InChI=1S/C32H45N5O5/c1-32(2,3)23-18-22(14-15-27(23)38)20-26-30(41)35-17-9-13-28(39)34-16-8-7-12-25(31(42)37-26)36-29(40)24(33)19-21-10-5-4-6-11-21/h4-6,10-11,14-15,18,24-26,38H,7-9,12-13,16-17,19-20,33H2,1-3H3,(H,34,39)(H,35,41)(H,36,40)(H,37,42)/t24-,25-,26-/m0/s1. The van der Waals surface area contributed by atoms with E-state index in [0.29, 0.717) is 38.6 Å². The molecule has 1 saturated heterocycles. The van der Waals surface area contributed by atoms with Crippen LogP contribution in [0.2, 0.25) is 0 Å². The highest BCUT2D eigenvalue weighted by molar-refractivity contribution is 5.93. The molecule has 0 aliphatic carbocycles. The van der Waals surface area contributed by atoms with E-state index in [2.05, 4.69) is 21.3 Å². The van der Waals surface area contributed by atoms with Gasteiger partial charge in [0.25, 0.3) is 0 Å². The summed E-state index contributed by atoms with van der Waals surface area (Å²) in [5.41, 5.74) is 8.26. The summed E-state index contributed by atoms with van der Waals surface area (Å²) < 4.78 is 0. The van der Waals surface area contributed by atoms with Crippen molar-refractivity contribution in [2.75, 3.05) is 13.1 Å². The van der Waals surface area contributed by atoms with Gasteiger partial charge in [0.15, 0.2) is 0 Å². The lowest BCUT2D eigenvalue weighted by molar-refractivity contribution is -0.132. The first kappa shape index (κ1) is 32.6. The van der Waals surface area contributed by atoms with Gasteiger partial charge in [-0.1, -0.05) is 63.2 Å². The number of carbonyl (C=O) groups is 4. The van der Waals surface area contributed by atoms with Crippen LogP contribution in [-0.2, 0) is 37.4 Å². The smallest absolute Gasteiger partial charge is 0.243 e. The monoisotopic (exact) mass is 579 g/mol. The molecule has 3 atom stereocenters. The van der Waals surface area contributed by atoms with Gasteiger partial charge in [0.1, 0.15) is 17.8 Å². The van der Waals surface area contributed by atoms with Crippen LogP contribution in [-0.4, -0.2) is 60.0 Å². The zero-order valence-electron chi connectivity index (χ0n) is 24.9. The van der Waals surface area contributed by atoms with Crippen LogP contribution in [0.3, 0.4) is 0 Å². The summed E-state index contributed by atoms with van der Waals surface area (Å²) in [5.74, 6) is -1.27. The molecular formula is C32H45N5O5. The second kappa shape index (κ2) is 15.3. The molecular weight excluding hydrogens is 534 g/mol. The summed E-state index contributed by atoms with van der Waals surface area (Å²) in [5, 5.41) is 21.7. The summed E-state index contributed by atoms with van der Waals surface area (Å²) >= 11 is 0. The van der Waals surface area contributed by atoms with E-state index in [1.165, 1.54) is 0 Å². The number of aromatic hydroxyl groups is 1. The molecule has 10 nitrogen and oxygen atoms in total. The summed E-state index contributed by atoms with van der Waals surface area (Å²) in [4.78, 5) is 52.1. The molecule has 1 fully saturated rings. The van der Waals surface area contributed by atoms with Crippen LogP contribution in [0.5, 0.6) is 5.75 Å². The molecule has 1 aliphatic rings. The Morgan fingerprint density at radius 1 is 0.976 bits per heavy atom. The molecule has 0 aromatic heterocycles. The third kappa shape index (κ3) is 10.2. The molecule has 3 rings (SSSR count). The van der Waals surface area contributed by atoms with Crippen molar-refractivity contribution in [3.63, 3.8) is 0 Å². The van der Waals surface area contributed by atoms with Crippen LogP contribution in [0.15, 0.2) is 48.5 Å². The van der Waals surface area contributed by atoms with E-state index in [1.54, 1.807) is 12.1 Å². The largest absolute Gasteiger partial charge is 0.508 e. The first-order chi connectivity index (χ1) is 19.9. The molecule has 7 N–H and O–H groups in total. The van der Waals surface area contributed by atoms with E-state index in [9.17, 15) is 24.3 Å². The van der Waals surface area contributed by atoms with Crippen LogP contribution in [0.4, 0.5) is 0 Å². The summed E-state index contributed by atoms with van der Waals surface area (Å²) in [7, 11) is 0. The van der Waals surface area contributed by atoms with Crippen molar-refractivity contribution in [1.82, 2.24) is 21.3 Å². The number of amides is 4. The quantitative estimate of drug-likeness (QED) is 0.307. The minimum Gasteiger partial charge on any atom is -0.508 e. The Bertz CT molecular complexity index is 1230. The lowest BCUT2D eigenvalue weighted by Crippen LogP contribution is -2.56. The Labute approximate surface area is 248 Å². The van der Waals surface area contributed by atoms with Crippen LogP contribution in [0, 0.1) is 0 Å². The summed E-state index contributed by atoms with van der Waals surface area (Å²) in [6.07, 6.45) is 2.74. The third-order valence-corrected chi connectivity index (χ3v) is 7.33. The number of nitrogens with two attached hydrogens (primary N) is 1. The van der Waals surface area contributed by atoms with Crippen LogP contribution in [0.1, 0.15) is 69.6 Å². The number of phenols is 1. The molecule has 0 spiro atoms. The molecule has 1 aliphatic heterocycles. The second-order valence-corrected chi connectivity index (χ2v) is 12.0. The Hall–Kier alpha value is -3.92. The molecule has 10 heteroatoms. The molecule has 1 heterocycles. The van der Waals surface area contributed by atoms with Gasteiger partial charge in [0, 0.05) is 25.9 Å². The van der Waals surface area contributed by atoms with Crippen molar-refractivity contribution >= 4 is 23.6 Å². The number of hydrogen-bond acceptors (Lipinski definition) is 6. The van der Waals surface area contributed by atoms with Gasteiger partial charge in [-0.3, -0.25) is 19.2 Å². The van der Waals surface area contributed by atoms with Gasteiger partial charge in [0.05, 0.1) is 6.04 Å². The highest BCUT2D eigenvalue weighted by Crippen LogP contribution is 2.31. The van der Waals surface area contributed by atoms with Crippen molar-refractivity contribution in [1.29, 1.82) is 0 Å². The van der Waals surface area contributed by atoms with Crippen molar-refractivity contribution in [2.45, 2.75) is 89.3 Å². The first-order valence-electron chi connectivity index (χ1n) is 14.7.